The van der Waals surface area contributed by atoms with Crippen molar-refractivity contribution in [3.05, 3.63) is 0 Å². The van der Waals surface area contributed by atoms with Gasteiger partial charge in [0.15, 0.2) is 0 Å². The van der Waals surface area contributed by atoms with Gasteiger partial charge in [0.2, 0.25) is 17.7 Å². The molecule has 0 radical (unpaired) electrons. The Morgan fingerprint density at radius 2 is 2.12 bits per heavy atom. The van der Waals surface area contributed by atoms with E-state index in [9.17, 15) is 14.4 Å². The third kappa shape index (κ3) is 2.63. The Bertz CT molecular complexity index is 352. The summed E-state index contributed by atoms with van der Waals surface area (Å²) in [6, 6.07) is -0.602. The molecule has 1 rings (SSSR count). The minimum atomic E-state index is -1.04. The monoisotopic (exact) mass is 241 g/mol. The van der Waals surface area contributed by atoms with Gasteiger partial charge < -0.3 is 10.6 Å². The zero-order valence-electron chi connectivity index (χ0n) is 10.4. The molecular formula is C11H19N3O3. The molecule has 0 saturated carbocycles. The molecule has 17 heavy (non-hydrogen) atoms. The summed E-state index contributed by atoms with van der Waals surface area (Å²) in [6.45, 7) is 5.10. The molecule has 6 nitrogen and oxygen atoms in total. The number of nitrogens with one attached hydrogen (secondary N) is 1. The number of carbonyl (C=O) groups excluding carboxylic acids is 3. The molecule has 6 heteroatoms. The summed E-state index contributed by atoms with van der Waals surface area (Å²) in [4.78, 5) is 36.4. The molecule has 2 atom stereocenters. The second kappa shape index (κ2) is 4.83. The summed E-state index contributed by atoms with van der Waals surface area (Å²) in [5.41, 5.74) is 4.83. The third-order valence-corrected chi connectivity index (χ3v) is 3.13. The highest BCUT2D eigenvalue weighted by Crippen LogP contribution is 2.16. The van der Waals surface area contributed by atoms with Crippen LogP contribution >= 0.6 is 0 Å². The van der Waals surface area contributed by atoms with E-state index in [1.165, 1.54) is 4.90 Å². The van der Waals surface area contributed by atoms with Gasteiger partial charge in [-0.2, -0.15) is 0 Å². The van der Waals surface area contributed by atoms with Gasteiger partial charge in [0.1, 0.15) is 12.6 Å². The number of hydrogen-bond donors (Lipinski definition) is 2. The number of nitrogens with two attached hydrogens (primary N) is 1. The summed E-state index contributed by atoms with van der Waals surface area (Å²) < 4.78 is 0. The SMILES string of the molecule is CCC1C(=O)NC(=O)CN1C(=O)C(C)(N)CC. The van der Waals surface area contributed by atoms with E-state index in [1.54, 1.807) is 20.8 Å². The van der Waals surface area contributed by atoms with Gasteiger partial charge in [-0.1, -0.05) is 13.8 Å². The number of carbonyl (C=O) groups is 3. The molecule has 1 fully saturated rings. The Kier molecular flexibility index (Phi) is 3.87. The van der Waals surface area contributed by atoms with Crippen LogP contribution in [0.25, 0.3) is 0 Å². The van der Waals surface area contributed by atoms with Crippen molar-refractivity contribution in [3.63, 3.8) is 0 Å². The van der Waals surface area contributed by atoms with Gasteiger partial charge in [0.25, 0.3) is 0 Å². The fourth-order valence-corrected chi connectivity index (χ4v) is 1.77. The average Bonchev–Trinajstić information content (AvgIpc) is 2.27. The van der Waals surface area contributed by atoms with E-state index >= 15 is 0 Å². The smallest absolute Gasteiger partial charge is 0.249 e. The van der Waals surface area contributed by atoms with Gasteiger partial charge in [-0.05, 0) is 19.8 Å². The van der Waals surface area contributed by atoms with Crippen molar-refractivity contribution in [3.8, 4) is 0 Å². The first-order chi connectivity index (χ1) is 7.83. The van der Waals surface area contributed by atoms with Crippen molar-refractivity contribution in [2.45, 2.75) is 45.2 Å². The van der Waals surface area contributed by atoms with E-state index in [2.05, 4.69) is 5.32 Å². The molecule has 0 aliphatic carbocycles. The van der Waals surface area contributed by atoms with Crippen LogP contribution in [0.5, 0.6) is 0 Å². The Labute approximate surface area is 101 Å². The van der Waals surface area contributed by atoms with Crippen LogP contribution in [0, 0.1) is 0 Å². The van der Waals surface area contributed by atoms with Crippen LogP contribution in [-0.2, 0) is 14.4 Å². The lowest BCUT2D eigenvalue weighted by molar-refractivity contribution is -0.152. The standard InChI is InChI=1S/C11H19N3O3/c1-4-7-9(16)13-8(15)6-14(7)10(17)11(3,12)5-2/h7H,4-6,12H2,1-3H3,(H,13,15,16). The molecular weight excluding hydrogens is 222 g/mol. The Morgan fingerprint density at radius 3 is 2.59 bits per heavy atom. The molecule has 0 aromatic rings. The summed E-state index contributed by atoms with van der Waals surface area (Å²) in [7, 11) is 0. The highest BCUT2D eigenvalue weighted by atomic mass is 16.2. The summed E-state index contributed by atoms with van der Waals surface area (Å²) >= 11 is 0. The number of imide groups is 1. The van der Waals surface area contributed by atoms with Gasteiger partial charge >= 0.3 is 0 Å². The molecule has 1 aliphatic heterocycles. The topological polar surface area (TPSA) is 92.5 Å². The van der Waals surface area contributed by atoms with Crippen LogP contribution in [0.3, 0.4) is 0 Å². The normalized spacial score (nSPS) is 24.2. The molecule has 3 amide bonds. The van der Waals surface area contributed by atoms with Crippen LogP contribution in [0.4, 0.5) is 0 Å². The van der Waals surface area contributed by atoms with Crippen molar-refractivity contribution in [1.82, 2.24) is 10.2 Å². The van der Waals surface area contributed by atoms with Crippen LogP contribution in [0.1, 0.15) is 33.6 Å². The Morgan fingerprint density at radius 1 is 1.53 bits per heavy atom. The molecule has 1 aliphatic rings. The minimum Gasteiger partial charge on any atom is -0.320 e. The molecule has 96 valence electrons. The first-order valence-corrected chi connectivity index (χ1v) is 5.77. The highest BCUT2D eigenvalue weighted by molar-refractivity contribution is 6.05. The van der Waals surface area contributed by atoms with Gasteiger partial charge in [0.05, 0.1) is 5.54 Å². The predicted octanol–water partition coefficient (Wildman–Crippen LogP) is -0.623. The first kappa shape index (κ1) is 13.6. The molecule has 3 N–H and O–H groups in total. The lowest BCUT2D eigenvalue weighted by atomic mass is 9.96. The quantitative estimate of drug-likeness (QED) is 0.644. The summed E-state index contributed by atoms with van der Waals surface area (Å²) in [6.07, 6.45) is 0.916. The fourth-order valence-electron chi connectivity index (χ4n) is 1.77. The number of amides is 3. The zero-order valence-corrected chi connectivity index (χ0v) is 10.4. The molecule has 0 bridgehead atoms. The number of rotatable bonds is 3. The van der Waals surface area contributed by atoms with Crippen molar-refractivity contribution in [2.75, 3.05) is 6.54 Å². The van der Waals surface area contributed by atoms with Gasteiger partial charge in [-0.25, -0.2) is 0 Å². The maximum atomic E-state index is 12.2. The minimum absolute atomic E-state index is 0.101. The van der Waals surface area contributed by atoms with Crippen molar-refractivity contribution >= 4 is 17.7 Å². The van der Waals surface area contributed by atoms with Gasteiger partial charge in [-0.3, -0.25) is 19.7 Å². The van der Waals surface area contributed by atoms with E-state index in [4.69, 9.17) is 5.73 Å². The number of piperazine rings is 1. The van der Waals surface area contributed by atoms with Crippen molar-refractivity contribution in [1.29, 1.82) is 0 Å². The molecule has 0 spiro atoms. The zero-order chi connectivity index (χ0) is 13.2. The summed E-state index contributed by atoms with van der Waals surface area (Å²) in [5, 5.41) is 2.22. The second-order valence-electron chi connectivity index (χ2n) is 4.54. The van der Waals surface area contributed by atoms with Gasteiger partial charge in [-0.15, -0.1) is 0 Å². The Hall–Kier alpha value is -1.43. The molecule has 0 aromatic heterocycles. The fraction of sp³-hybridized carbons (Fsp3) is 0.727. The lowest BCUT2D eigenvalue weighted by Gasteiger charge is -2.37. The highest BCUT2D eigenvalue weighted by Gasteiger charge is 2.40. The van der Waals surface area contributed by atoms with E-state index in [1.807, 2.05) is 0 Å². The van der Waals surface area contributed by atoms with Gasteiger partial charge in [0, 0.05) is 0 Å². The van der Waals surface area contributed by atoms with Crippen LogP contribution in [0.2, 0.25) is 0 Å². The van der Waals surface area contributed by atoms with E-state index in [0.29, 0.717) is 12.8 Å². The maximum Gasteiger partial charge on any atom is 0.249 e. The lowest BCUT2D eigenvalue weighted by Crippen LogP contribution is -2.64. The first-order valence-electron chi connectivity index (χ1n) is 5.77. The average molecular weight is 241 g/mol. The maximum absolute atomic E-state index is 12.2. The molecule has 0 aromatic carbocycles. The molecule has 2 unspecified atom stereocenters. The Balaban J connectivity index is 2.96. The van der Waals surface area contributed by atoms with Crippen LogP contribution < -0.4 is 11.1 Å². The number of hydrogen-bond acceptors (Lipinski definition) is 4. The molecule has 1 heterocycles. The third-order valence-electron chi connectivity index (χ3n) is 3.13. The van der Waals surface area contributed by atoms with E-state index in [0.717, 1.165) is 0 Å². The second-order valence-corrected chi connectivity index (χ2v) is 4.54. The predicted molar refractivity (Wildman–Crippen MR) is 61.8 cm³/mol. The van der Waals surface area contributed by atoms with E-state index in [-0.39, 0.29) is 12.5 Å². The summed E-state index contributed by atoms with van der Waals surface area (Å²) in [5.74, 6) is -1.24. The molecule has 1 saturated heterocycles. The van der Waals surface area contributed by atoms with Crippen molar-refractivity contribution in [2.24, 2.45) is 5.73 Å². The van der Waals surface area contributed by atoms with Crippen molar-refractivity contribution < 1.29 is 14.4 Å². The van der Waals surface area contributed by atoms with E-state index < -0.39 is 23.4 Å². The van der Waals surface area contributed by atoms with Crippen LogP contribution in [-0.4, -0.2) is 40.7 Å². The number of nitrogens with zero attached hydrogens (tertiary/aromatic N) is 1. The largest absolute Gasteiger partial charge is 0.320 e. The van der Waals surface area contributed by atoms with Crippen LogP contribution in [0.15, 0.2) is 0 Å².